The lowest BCUT2D eigenvalue weighted by Gasteiger charge is -2.26. The molecule has 0 spiro atoms. The van der Waals surface area contributed by atoms with Gasteiger partial charge >= 0.3 is 0 Å². The molecule has 0 aliphatic carbocycles. The van der Waals surface area contributed by atoms with Crippen molar-refractivity contribution in [3.05, 3.63) is 35.4 Å². The van der Waals surface area contributed by atoms with Crippen molar-refractivity contribution in [3.8, 4) is 0 Å². The van der Waals surface area contributed by atoms with E-state index in [0.29, 0.717) is 31.2 Å². The van der Waals surface area contributed by atoms with Crippen LogP contribution in [0.3, 0.4) is 0 Å². The maximum absolute atomic E-state index is 12.5. The minimum absolute atomic E-state index is 0. The smallest absolute Gasteiger partial charge is 0.254 e. The van der Waals surface area contributed by atoms with E-state index in [1.165, 1.54) is 0 Å². The number of piperazine rings is 1. The number of hydrogen-bond acceptors (Lipinski definition) is 4. The molecule has 2 rings (SSSR count). The molecule has 0 saturated carbocycles. The molecule has 0 unspecified atom stereocenters. The summed E-state index contributed by atoms with van der Waals surface area (Å²) in [6.07, 6.45) is 0. The predicted molar refractivity (Wildman–Crippen MR) is 127 cm³/mol. The third-order valence-electron chi connectivity index (χ3n) is 4.14. The van der Waals surface area contributed by atoms with E-state index >= 15 is 0 Å². The van der Waals surface area contributed by atoms with E-state index in [-0.39, 0.29) is 60.3 Å². The first-order valence-electron chi connectivity index (χ1n) is 9.58. The molecular weight excluding hydrogens is 499 g/mol. The van der Waals surface area contributed by atoms with E-state index in [2.05, 4.69) is 26.3 Å². The second-order valence-electron chi connectivity index (χ2n) is 7.85. The van der Waals surface area contributed by atoms with E-state index in [1.807, 2.05) is 32.9 Å². The van der Waals surface area contributed by atoms with Gasteiger partial charge in [0.2, 0.25) is 11.8 Å². The molecule has 0 bridgehead atoms. The van der Waals surface area contributed by atoms with Crippen molar-refractivity contribution in [3.63, 3.8) is 0 Å². The standard InChI is InChI=1S/C20H30N6O3.HI/c1-20(2,3)25-16(27)12-24-19(21-4)23-11-14-5-7-15(8-6-14)18(29)26-10-9-22-17(28)13-26;/h5-8H,9-13H2,1-4H3,(H,22,28)(H,25,27)(H2,21,23,24);1H. The molecule has 30 heavy (non-hydrogen) atoms. The zero-order chi connectivity index (χ0) is 21.4. The Morgan fingerprint density at radius 3 is 2.40 bits per heavy atom. The summed E-state index contributed by atoms with van der Waals surface area (Å²) in [7, 11) is 1.63. The molecule has 1 heterocycles. The molecule has 1 fully saturated rings. The number of halogens is 1. The molecule has 10 heteroatoms. The number of nitrogens with zero attached hydrogens (tertiary/aromatic N) is 2. The van der Waals surface area contributed by atoms with Crippen LogP contribution >= 0.6 is 24.0 Å². The van der Waals surface area contributed by atoms with Crippen molar-refractivity contribution in [2.24, 2.45) is 4.99 Å². The van der Waals surface area contributed by atoms with Gasteiger partial charge in [-0.3, -0.25) is 19.4 Å². The number of carbonyl (C=O) groups excluding carboxylic acids is 3. The fourth-order valence-electron chi connectivity index (χ4n) is 2.79. The van der Waals surface area contributed by atoms with Gasteiger partial charge in [0.15, 0.2) is 5.96 Å². The molecule has 9 nitrogen and oxygen atoms in total. The van der Waals surface area contributed by atoms with Crippen LogP contribution in [0.1, 0.15) is 36.7 Å². The first-order chi connectivity index (χ1) is 13.7. The first kappa shape index (κ1) is 25.7. The highest BCUT2D eigenvalue weighted by molar-refractivity contribution is 14.0. The minimum Gasteiger partial charge on any atom is -0.353 e. The average Bonchev–Trinajstić information content (AvgIpc) is 2.66. The lowest BCUT2D eigenvalue weighted by molar-refractivity contribution is -0.123. The molecule has 166 valence electrons. The van der Waals surface area contributed by atoms with E-state index in [9.17, 15) is 14.4 Å². The molecule has 0 aromatic heterocycles. The summed E-state index contributed by atoms with van der Waals surface area (Å²) >= 11 is 0. The molecule has 0 atom stereocenters. The molecule has 1 aliphatic rings. The number of rotatable bonds is 5. The van der Waals surface area contributed by atoms with Crippen molar-refractivity contribution in [2.45, 2.75) is 32.9 Å². The van der Waals surface area contributed by atoms with Crippen LogP contribution in [0, 0.1) is 0 Å². The highest BCUT2D eigenvalue weighted by Gasteiger charge is 2.22. The third kappa shape index (κ3) is 8.56. The van der Waals surface area contributed by atoms with Crippen LogP contribution in [0.25, 0.3) is 0 Å². The van der Waals surface area contributed by atoms with Crippen LogP contribution in [0.5, 0.6) is 0 Å². The van der Waals surface area contributed by atoms with Gasteiger partial charge in [0.25, 0.3) is 5.91 Å². The number of nitrogens with one attached hydrogen (secondary N) is 4. The van der Waals surface area contributed by atoms with Crippen LogP contribution in [-0.2, 0) is 16.1 Å². The first-order valence-corrected chi connectivity index (χ1v) is 9.58. The Morgan fingerprint density at radius 2 is 1.83 bits per heavy atom. The maximum atomic E-state index is 12.5. The Morgan fingerprint density at radius 1 is 1.17 bits per heavy atom. The number of guanidine groups is 1. The van der Waals surface area contributed by atoms with E-state index in [4.69, 9.17) is 0 Å². The summed E-state index contributed by atoms with van der Waals surface area (Å²) in [5.41, 5.74) is 1.22. The zero-order valence-electron chi connectivity index (χ0n) is 17.9. The van der Waals surface area contributed by atoms with Gasteiger partial charge in [-0.2, -0.15) is 0 Å². The molecule has 1 aromatic carbocycles. The summed E-state index contributed by atoms with van der Waals surface area (Å²) in [5.74, 6) is 0.102. The van der Waals surface area contributed by atoms with E-state index < -0.39 is 0 Å². The summed E-state index contributed by atoms with van der Waals surface area (Å²) < 4.78 is 0. The van der Waals surface area contributed by atoms with Gasteiger partial charge in [-0.25, -0.2) is 0 Å². The third-order valence-corrected chi connectivity index (χ3v) is 4.14. The Balaban J connectivity index is 0.00000450. The predicted octanol–water partition coefficient (Wildman–Crippen LogP) is 0.456. The maximum Gasteiger partial charge on any atom is 0.254 e. The SMILES string of the molecule is CN=C(NCC(=O)NC(C)(C)C)NCc1ccc(C(=O)N2CCNC(=O)C2)cc1.I. The lowest BCUT2D eigenvalue weighted by Crippen LogP contribution is -2.49. The average molecular weight is 530 g/mol. The fourth-order valence-corrected chi connectivity index (χ4v) is 2.79. The summed E-state index contributed by atoms with van der Waals surface area (Å²) in [5, 5.41) is 11.7. The second kappa shape index (κ2) is 11.7. The van der Waals surface area contributed by atoms with Crippen LogP contribution in [-0.4, -0.2) is 67.3 Å². The van der Waals surface area contributed by atoms with Crippen molar-refractivity contribution in [1.29, 1.82) is 0 Å². The van der Waals surface area contributed by atoms with E-state index in [1.54, 1.807) is 24.1 Å². The Bertz CT molecular complexity index is 774. The van der Waals surface area contributed by atoms with Gasteiger partial charge in [-0.15, -0.1) is 24.0 Å². The van der Waals surface area contributed by atoms with Crippen molar-refractivity contribution >= 4 is 47.7 Å². The van der Waals surface area contributed by atoms with Crippen LogP contribution in [0.15, 0.2) is 29.3 Å². The molecule has 3 amide bonds. The highest BCUT2D eigenvalue weighted by Crippen LogP contribution is 2.09. The largest absolute Gasteiger partial charge is 0.353 e. The molecule has 4 N–H and O–H groups in total. The normalized spacial score (nSPS) is 14.3. The van der Waals surface area contributed by atoms with Gasteiger partial charge in [0, 0.05) is 37.8 Å². The van der Waals surface area contributed by atoms with Gasteiger partial charge < -0.3 is 26.2 Å². The molecular formula is C20H31IN6O3. The van der Waals surface area contributed by atoms with E-state index in [0.717, 1.165) is 5.56 Å². The summed E-state index contributed by atoms with van der Waals surface area (Å²) in [4.78, 5) is 41.5. The number of aliphatic imine (C=N–C) groups is 1. The molecule has 1 saturated heterocycles. The quantitative estimate of drug-likeness (QED) is 0.251. The van der Waals surface area contributed by atoms with Gasteiger partial charge in [-0.1, -0.05) is 12.1 Å². The lowest BCUT2D eigenvalue weighted by atomic mass is 10.1. The number of carbonyl (C=O) groups is 3. The van der Waals surface area contributed by atoms with Crippen LogP contribution in [0.4, 0.5) is 0 Å². The Hall–Kier alpha value is -2.37. The molecule has 1 aliphatic heterocycles. The van der Waals surface area contributed by atoms with Crippen molar-refractivity contribution in [1.82, 2.24) is 26.2 Å². The topological polar surface area (TPSA) is 115 Å². The van der Waals surface area contributed by atoms with Crippen LogP contribution < -0.4 is 21.3 Å². The minimum atomic E-state index is -0.285. The number of benzene rings is 1. The van der Waals surface area contributed by atoms with Crippen molar-refractivity contribution < 1.29 is 14.4 Å². The second-order valence-corrected chi connectivity index (χ2v) is 7.85. The molecule has 0 radical (unpaired) electrons. The summed E-state index contributed by atoms with van der Waals surface area (Å²) in [6.45, 7) is 7.46. The van der Waals surface area contributed by atoms with Gasteiger partial charge in [0.1, 0.15) is 0 Å². The zero-order valence-corrected chi connectivity index (χ0v) is 20.2. The monoisotopic (exact) mass is 530 g/mol. The Labute approximate surface area is 194 Å². The number of amides is 3. The summed E-state index contributed by atoms with van der Waals surface area (Å²) in [6, 6.07) is 7.20. The van der Waals surface area contributed by atoms with Gasteiger partial charge in [-0.05, 0) is 38.5 Å². The fraction of sp³-hybridized carbons (Fsp3) is 0.500. The highest BCUT2D eigenvalue weighted by atomic mass is 127. The Kier molecular flexibility index (Phi) is 10.0. The van der Waals surface area contributed by atoms with Gasteiger partial charge in [0.05, 0.1) is 13.1 Å². The number of hydrogen-bond donors (Lipinski definition) is 4. The van der Waals surface area contributed by atoms with Crippen LogP contribution in [0.2, 0.25) is 0 Å². The van der Waals surface area contributed by atoms with Crippen molar-refractivity contribution in [2.75, 3.05) is 33.2 Å². The molecule has 1 aromatic rings.